The summed E-state index contributed by atoms with van der Waals surface area (Å²) in [6.07, 6.45) is 2.41. The van der Waals surface area contributed by atoms with E-state index < -0.39 is 0 Å². The maximum absolute atomic E-state index is 5.40. The summed E-state index contributed by atoms with van der Waals surface area (Å²) in [5.74, 6) is 3.61. The largest absolute Gasteiger partial charge is 0.338 e. The van der Waals surface area contributed by atoms with Crippen molar-refractivity contribution >= 4 is 11.8 Å². The van der Waals surface area contributed by atoms with Gasteiger partial charge < -0.3 is 9.09 Å². The van der Waals surface area contributed by atoms with E-state index in [0.29, 0.717) is 17.6 Å². The van der Waals surface area contributed by atoms with Gasteiger partial charge in [-0.05, 0) is 18.4 Å². The molecule has 0 bridgehead atoms. The van der Waals surface area contributed by atoms with Crippen LogP contribution < -0.4 is 0 Å². The van der Waals surface area contributed by atoms with Gasteiger partial charge in [0.15, 0.2) is 11.0 Å². The lowest BCUT2D eigenvalue weighted by Gasteiger charge is -2.11. The molecule has 1 aliphatic carbocycles. The van der Waals surface area contributed by atoms with Crippen molar-refractivity contribution in [2.24, 2.45) is 0 Å². The molecule has 26 heavy (non-hydrogen) atoms. The molecule has 0 aliphatic heterocycles. The first kappa shape index (κ1) is 17.3. The van der Waals surface area contributed by atoms with E-state index in [9.17, 15) is 0 Å². The number of aromatic nitrogens is 5. The number of rotatable bonds is 6. The fourth-order valence-corrected chi connectivity index (χ4v) is 3.49. The Balaban J connectivity index is 1.52. The Labute approximate surface area is 157 Å². The van der Waals surface area contributed by atoms with Crippen molar-refractivity contribution < 1.29 is 4.52 Å². The van der Waals surface area contributed by atoms with Gasteiger partial charge in [0, 0.05) is 11.3 Å². The van der Waals surface area contributed by atoms with E-state index in [2.05, 4.69) is 69.9 Å². The summed E-state index contributed by atoms with van der Waals surface area (Å²) in [6, 6.07) is 10.4. The number of benzene rings is 1. The number of hydrogen-bond donors (Lipinski definition) is 0. The fourth-order valence-electron chi connectivity index (χ4n) is 2.71. The molecule has 2 heterocycles. The Bertz CT molecular complexity index is 877. The summed E-state index contributed by atoms with van der Waals surface area (Å²) < 4.78 is 7.63. The summed E-state index contributed by atoms with van der Waals surface area (Å²) >= 11 is 1.60. The van der Waals surface area contributed by atoms with Crippen LogP contribution in [-0.4, -0.2) is 24.9 Å². The zero-order valence-corrected chi connectivity index (χ0v) is 16.2. The third kappa shape index (κ3) is 3.82. The molecule has 2 aromatic heterocycles. The third-order valence-corrected chi connectivity index (χ3v) is 5.29. The molecule has 0 atom stereocenters. The SMILES string of the molecule is CC(C)(C)c1noc(CSc2nnc(C3CC3)n2Cc2ccccc2)n1. The predicted molar refractivity (Wildman–Crippen MR) is 100 cm³/mol. The Morgan fingerprint density at radius 1 is 1.15 bits per heavy atom. The summed E-state index contributed by atoms with van der Waals surface area (Å²) in [6.45, 7) is 7.02. The number of nitrogens with zero attached hydrogens (tertiary/aromatic N) is 5. The molecule has 7 heteroatoms. The highest BCUT2D eigenvalue weighted by Gasteiger charge is 2.30. The van der Waals surface area contributed by atoms with Crippen molar-refractivity contribution in [3.8, 4) is 0 Å². The van der Waals surface area contributed by atoms with Crippen molar-refractivity contribution in [1.29, 1.82) is 0 Å². The maximum Gasteiger partial charge on any atom is 0.237 e. The van der Waals surface area contributed by atoms with Gasteiger partial charge in [-0.25, -0.2) is 0 Å². The first-order valence-corrected chi connectivity index (χ1v) is 9.92. The van der Waals surface area contributed by atoms with Crippen LogP contribution in [0.25, 0.3) is 0 Å². The highest BCUT2D eigenvalue weighted by Crippen LogP contribution is 2.40. The molecule has 0 spiro atoms. The normalized spacial score (nSPS) is 14.7. The number of thioether (sulfide) groups is 1. The standard InChI is InChI=1S/C19H23N5OS/c1-19(2,3)17-20-15(25-23-17)12-26-18-22-21-16(14-9-10-14)24(18)11-13-7-5-4-6-8-13/h4-8,14H,9-12H2,1-3H3. The van der Waals surface area contributed by atoms with Crippen molar-refractivity contribution in [1.82, 2.24) is 24.9 Å². The molecule has 3 aromatic rings. The Morgan fingerprint density at radius 3 is 2.58 bits per heavy atom. The fraction of sp³-hybridized carbons (Fsp3) is 0.474. The van der Waals surface area contributed by atoms with Crippen molar-refractivity contribution in [2.45, 2.75) is 62.4 Å². The van der Waals surface area contributed by atoms with E-state index in [1.165, 1.54) is 18.4 Å². The van der Waals surface area contributed by atoms with Crippen LogP contribution in [0.1, 0.15) is 62.6 Å². The Morgan fingerprint density at radius 2 is 1.92 bits per heavy atom. The van der Waals surface area contributed by atoms with Crippen molar-refractivity contribution in [2.75, 3.05) is 0 Å². The molecule has 0 saturated heterocycles. The topological polar surface area (TPSA) is 69.6 Å². The quantitative estimate of drug-likeness (QED) is 0.607. The highest BCUT2D eigenvalue weighted by atomic mass is 32.2. The zero-order valence-electron chi connectivity index (χ0n) is 15.3. The van der Waals surface area contributed by atoms with Gasteiger partial charge in [0.1, 0.15) is 5.82 Å². The van der Waals surface area contributed by atoms with E-state index in [0.717, 1.165) is 23.4 Å². The molecule has 1 fully saturated rings. The molecular formula is C19H23N5OS. The second-order valence-corrected chi connectivity index (χ2v) is 8.68. The van der Waals surface area contributed by atoms with Gasteiger partial charge in [-0.1, -0.05) is 68.0 Å². The average molecular weight is 369 g/mol. The van der Waals surface area contributed by atoms with Crippen LogP contribution in [0.3, 0.4) is 0 Å². The van der Waals surface area contributed by atoms with E-state index in [1.807, 2.05) is 6.07 Å². The lowest BCUT2D eigenvalue weighted by atomic mass is 9.96. The van der Waals surface area contributed by atoms with Crippen LogP contribution in [-0.2, 0) is 17.7 Å². The molecule has 0 radical (unpaired) electrons. The lowest BCUT2D eigenvalue weighted by Crippen LogP contribution is -2.13. The van der Waals surface area contributed by atoms with E-state index in [-0.39, 0.29) is 5.41 Å². The van der Waals surface area contributed by atoms with Gasteiger partial charge in [0.2, 0.25) is 5.89 Å². The minimum absolute atomic E-state index is 0.112. The van der Waals surface area contributed by atoms with Gasteiger partial charge in [0.05, 0.1) is 12.3 Å². The van der Waals surface area contributed by atoms with Crippen LogP contribution >= 0.6 is 11.8 Å². The van der Waals surface area contributed by atoms with Gasteiger partial charge in [0.25, 0.3) is 0 Å². The van der Waals surface area contributed by atoms with E-state index in [4.69, 9.17) is 4.52 Å². The monoisotopic (exact) mass is 369 g/mol. The summed E-state index contributed by atoms with van der Waals surface area (Å²) in [5, 5.41) is 13.9. The first-order chi connectivity index (χ1) is 12.5. The second kappa shape index (κ2) is 6.87. The summed E-state index contributed by atoms with van der Waals surface area (Å²) in [5.41, 5.74) is 1.14. The number of hydrogen-bond acceptors (Lipinski definition) is 6. The van der Waals surface area contributed by atoms with Gasteiger partial charge in [-0.2, -0.15) is 4.98 Å². The smallest absolute Gasteiger partial charge is 0.237 e. The molecular weight excluding hydrogens is 346 g/mol. The van der Waals surface area contributed by atoms with Crippen molar-refractivity contribution in [3.05, 3.63) is 53.4 Å². The second-order valence-electron chi connectivity index (χ2n) is 7.74. The van der Waals surface area contributed by atoms with Gasteiger partial charge >= 0.3 is 0 Å². The molecule has 0 N–H and O–H groups in total. The highest BCUT2D eigenvalue weighted by molar-refractivity contribution is 7.98. The molecule has 1 saturated carbocycles. The van der Waals surface area contributed by atoms with Crippen molar-refractivity contribution in [3.63, 3.8) is 0 Å². The molecule has 0 unspecified atom stereocenters. The molecule has 1 aromatic carbocycles. The lowest BCUT2D eigenvalue weighted by molar-refractivity contribution is 0.372. The van der Waals surface area contributed by atoms with Crippen LogP contribution in [0.15, 0.2) is 40.0 Å². The summed E-state index contributed by atoms with van der Waals surface area (Å²) in [7, 11) is 0. The molecule has 0 amide bonds. The molecule has 1 aliphatic rings. The minimum atomic E-state index is -0.112. The Kier molecular flexibility index (Phi) is 4.56. The summed E-state index contributed by atoms with van der Waals surface area (Å²) in [4.78, 5) is 4.51. The predicted octanol–water partition coefficient (Wildman–Crippen LogP) is 4.18. The van der Waals surface area contributed by atoms with Gasteiger partial charge in [-0.3, -0.25) is 0 Å². The molecule has 4 rings (SSSR count). The first-order valence-electron chi connectivity index (χ1n) is 8.93. The van der Waals surface area contributed by atoms with Crippen LogP contribution in [0.2, 0.25) is 0 Å². The maximum atomic E-state index is 5.40. The van der Waals surface area contributed by atoms with Crippen LogP contribution in [0.5, 0.6) is 0 Å². The zero-order chi connectivity index (χ0) is 18.1. The van der Waals surface area contributed by atoms with Gasteiger partial charge in [-0.15, -0.1) is 10.2 Å². The van der Waals surface area contributed by atoms with E-state index >= 15 is 0 Å². The molecule has 6 nitrogen and oxygen atoms in total. The minimum Gasteiger partial charge on any atom is -0.338 e. The van der Waals surface area contributed by atoms with Crippen LogP contribution in [0.4, 0.5) is 0 Å². The average Bonchev–Trinajstić information content (AvgIpc) is 3.19. The van der Waals surface area contributed by atoms with Crippen LogP contribution in [0, 0.1) is 0 Å². The third-order valence-electron chi connectivity index (χ3n) is 4.34. The van der Waals surface area contributed by atoms with E-state index in [1.54, 1.807) is 11.8 Å². The Hall–Kier alpha value is -2.15. The molecule has 136 valence electrons.